The van der Waals surface area contributed by atoms with E-state index in [1.54, 1.807) is 16.2 Å². The predicted octanol–water partition coefficient (Wildman–Crippen LogP) is 1.62. The molecule has 1 aliphatic heterocycles. The number of thiophene rings is 1. The number of aromatic nitrogens is 2. The molecule has 2 atom stereocenters. The lowest BCUT2D eigenvalue weighted by Crippen LogP contribution is -2.43. The van der Waals surface area contributed by atoms with Gasteiger partial charge in [0.05, 0.1) is 23.2 Å². The Balaban J connectivity index is 1.62. The van der Waals surface area contributed by atoms with Gasteiger partial charge < -0.3 is 4.90 Å². The molecule has 3 heterocycles. The highest BCUT2D eigenvalue weighted by Crippen LogP contribution is 2.35. The number of amides is 1. The molecule has 28 heavy (non-hydrogen) atoms. The predicted molar refractivity (Wildman–Crippen MR) is 110 cm³/mol. The number of sulfone groups is 1. The molecule has 2 aromatic heterocycles. The van der Waals surface area contributed by atoms with Crippen molar-refractivity contribution >= 4 is 37.3 Å². The first-order chi connectivity index (χ1) is 13.3. The molecule has 7 nitrogen and oxygen atoms in total. The molecule has 0 spiro atoms. The Morgan fingerprint density at radius 1 is 1.39 bits per heavy atom. The Morgan fingerprint density at radius 2 is 2.18 bits per heavy atom. The Bertz CT molecular complexity index is 1090. The fourth-order valence-electron chi connectivity index (χ4n) is 4.37. The lowest BCUT2D eigenvalue weighted by atomic mass is 9.89. The highest BCUT2D eigenvalue weighted by molar-refractivity contribution is 7.91. The molecule has 4 rings (SSSR count). The van der Waals surface area contributed by atoms with Crippen LogP contribution < -0.4 is 5.56 Å². The van der Waals surface area contributed by atoms with Gasteiger partial charge in [0.25, 0.3) is 5.56 Å². The number of aryl methyl sites for hydroxylation is 1. The van der Waals surface area contributed by atoms with E-state index in [1.165, 1.54) is 15.8 Å². The van der Waals surface area contributed by atoms with Gasteiger partial charge in [-0.1, -0.05) is 6.92 Å². The molecule has 0 saturated carbocycles. The average Bonchev–Trinajstić information content (AvgIpc) is 3.17. The van der Waals surface area contributed by atoms with Gasteiger partial charge in [-0.15, -0.1) is 11.3 Å². The largest absolute Gasteiger partial charge is 0.337 e. The summed E-state index contributed by atoms with van der Waals surface area (Å²) < 4.78 is 24.9. The summed E-state index contributed by atoms with van der Waals surface area (Å²) in [5.41, 5.74) is 0.937. The second kappa shape index (κ2) is 7.26. The topological polar surface area (TPSA) is 89.3 Å². The van der Waals surface area contributed by atoms with Crippen LogP contribution in [0.15, 0.2) is 11.1 Å². The molecule has 2 aliphatic rings. The van der Waals surface area contributed by atoms with Crippen LogP contribution in [0.5, 0.6) is 0 Å². The van der Waals surface area contributed by atoms with Crippen molar-refractivity contribution in [3.63, 3.8) is 0 Å². The maximum atomic E-state index is 13.1. The summed E-state index contributed by atoms with van der Waals surface area (Å²) in [7, 11) is -3.07. The summed E-state index contributed by atoms with van der Waals surface area (Å²) in [5, 5.41) is 0.661. The van der Waals surface area contributed by atoms with E-state index < -0.39 is 9.84 Å². The number of carbonyl (C=O) groups is 1. The van der Waals surface area contributed by atoms with E-state index in [1.807, 2.05) is 6.92 Å². The second-order valence-electron chi connectivity index (χ2n) is 7.95. The fourth-order valence-corrected chi connectivity index (χ4v) is 7.45. The van der Waals surface area contributed by atoms with Crippen molar-refractivity contribution < 1.29 is 13.2 Å². The summed E-state index contributed by atoms with van der Waals surface area (Å²) in [6.07, 6.45) is 4.84. The third-order valence-corrected chi connectivity index (χ3v) is 8.81. The maximum Gasteiger partial charge on any atom is 0.262 e. The standard InChI is InChI=1S/C19H25N3O4S2/c1-3-22(13-6-7-28(25,26)10-13)16(23)9-21-11-20-18-17(19(21)24)14-5-4-12(2)8-15(14)27-18/h11-13H,3-10H2,1-2H3/t12-,13-/m0/s1. The minimum atomic E-state index is -3.07. The summed E-state index contributed by atoms with van der Waals surface area (Å²) >= 11 is 1.59. The van der Waals surface area contributed by atoms with Crippen LogP contribution in [0.3, 0.4) is 0 Å². The molecule has 0 bridgehead atoms. The molecule has 0 N–H and O–H groups in total. The SMILES string of the molecule is CCN(C(=O)Cn1cnc2sc3c(c2c1=O)CC[C@H](C)C3)[C@H]1CCS(=O)(=O)C1. The van der Waals surface area contributed by atoms with Crippen molar-refractivity contribution in [3.8, 4) is 0 Å². The normalized spacial score (nSPS) is 23.6. The van der Waals surface area contributed by atoms with E-state index in [4.69, 9.17) is 0 Å². The van der Waals surface area contributed by atoms with Gasteiger partial charge in [0.1, 0.15) is 11.4 Å². The van der Waals surface area contributed by atoms with Crippen molar-refractivity contribution in [1.29, 1.82) is 0 Å². The lowest BCUT2D eigenvalue weighted by molar-refractivity contribution is -0.133. The Hall–Kier alpha value is -1.74. The van der Waals surface area contributed by atoms with Gasteiger partial charge in [-0.25, -0.2) is 13.4 Å². The van der Waals surface area contributed by atoms with Gasteiger partial charge in [0, 0.05) is 17.5 Å². The first-order valence-electron chi connectivity index (χ1n) is 9.78. The molecule has 1 fully saturated rings. The molecule has 9 heteroatoms. The molecule has 0 unspecified atom stereocenters. The monoisotopic (exact) mass is 423 g/mol. The summed E-state index contributed by atoms with van der Waals surface area (Å²) in [4.78, 5) is 34.0. The van der Waals surface area contributed by atoms with Gasteiger partial charge in [0.15, 0.2) is 9.84 Å². The molecular formula is C19H25N3O4S2. The molecule has 1 aliphatic carbocycles. The minimum absolute atomic E-state index is 0.00892. The third kappa shape index (κ3) is 3.50. The van der Waals surface area contributed by atoms with Crippen molar-refractivity contribution in [2.45, 2.75) is 52.1 Å². The Labute approximate surface area is 168 Å². The Kier molecular flexibility index (Phi) is 5.07. The van der Waals surface area contributed by atoms with Gasteiger partial charge >= 0.3 is 0 Å². The number of likely N-dealkylation sites (N-methyl/N-ethyl adjacent to an activating group) is 1. The zero-order valence-electron chi connectivity index (χ0n) is 16.2. The van der Waals surface area contributed by atoms with Crippen molar-refractivity contribution in [1.82, 2.24) is 14.5 Å². The Morgan fingerprint density at radius 3 is 2.86 bits per heavy atom. The number of nitrogens with zero attached hydrogens (tertiary/aromatic N) is 3. The van der Waals surface area contributed by atoms with Crippen LogP contribution in [0.2, 0.25) is 0 Å². The van der Waals surface area contributed by atoms with Crippen molar-refractivity contribution in [3.05, 3.63) is 27.1 Å². The first kappa shape index (κ1) is 19.6. The number of rotatable bonds is 4. The number of hydrogen-bond donors (Lipinski definition) is 0. The molecule has 152 valence electrons. The van der Waals surface area contributed by atoms with E-state index in [0.29, 0.717) is 24.3 Å². The van der Waals surface area contributed by atoms with Crippen LogP contribution >= 0.6 is 11.3 Å². The van der Waals surface area contributed by atoms with Crippen LogP contribution in [0, 0.1) is 5.92 Å². The molecule has 0 radical (unpaired) electrons. The second-order valence-corrected chi connectivity index (χ2v) is 11.3. The summed E-state index contributed by atoms with van der Waals surface area (Å²) in [5.74, 6) is 0.513. The van der Waals surface area contributed by atoms with Gasteiger partial charge in [0.2, 0.25) is 5.91 Å². The fraction of sp³-hybridized carbons (Fsp3) is 0.632. The molecule has 1 amide bonds. The van der Waals surface area contributed by atoms with Gasteiger partial charge in [-0.05, 0) is 44.1 Å². The lowest BCUT2D eigenvalue weighted by Gasteiger charge is -2.27. The van der Waals surface area contributed by atoms with Crippen molar-refractivity contribution in [2.75, 3.05) is 18.1 Å². The third-order valence-electron chi connectivity index (χ3n) is 5.90. The van der Waals surface area contributed by atoms with Crippen molar-refractivity contribution in [2.24, 2.45) is 5.92 Å². The highest BCUT2D eigenvalue weighted by atomic mass is 32.2. The summed E-state index contributed by atoms with van der Waals surface area (Å²) in [6, 6.07) is -0.301. The molecular weight excluding hydrogens is 398 g/mol. The van der Waals surface area contributed by atoms with Crippen LogP contribution in [0.4, 0.5) is 0 Å². The van der Waals surface area contributed by atoms with E-state index >= 15 is 0 Å². The average molecular weight is 424 g/mol. The van der Waals surface area contributed by atoms with E-state index in [-0.39, 0.29) is 35.6 Å². The van der Waals surface area contributed by atoms with E-state index in [0.717, 1.165) is 29.7 Å². The zero-order valence-corrected chi connectivity index (χ0v) is 17.8. The van der Waals surface area contributed by atoms with Crippen LogP contribution in [-0.2, 0) is 34.0 Å². The number of carbonyl (C=O) groups excluding carboxylic acids is 1. The van der Waals surface area contributed by atoms with Crippen LogP contribution in [-0.4, -0.2) is 52.9 Å². The first-order valence-corrected chi connectivity index (χ1v) is 12.4. The van der Waals surface area contributed by atoms with Crippen LogP contribution in [0.1, 0.15) is 37.1 Å². The molecule has 1 saturated heterocycles. The molecule has 2 aromatic rings. The summed E-state index contributed by atoms with van der Waals surface area (Å²) in [6.45, 7) is 4.38. The zero-order chi connectivity index (χ0) is 20.1. The van der Waals surface area contributed by atoms with Crippen LogP contribution in [0.25, 0.3) is 10.2 Å². The highest BCUT2D eigenvalue weighted by Gasteiger charge is 2.34. The smallest absolute Gasteiger partial charge is 0.262 e. The number of hydrogen-bond acceptors (Lipinski definition) is 6. The maximum absolute atomic E-state index is 13.1. The number of fused-ring (bicyclic) bond motifs is 3. The van der Waals surface area contributed by atoms with Gasteiger partial charge in [-0.2, -0.15) is 0 Å². The quantitative estimate of drug-likeness (QED) is 0.745. The van der Waals surface area contributed by atoms with Gasteiger partial charge in [-0.3, -0.25) is 14.2 Å². The van der Waals surface area contributed by atoms with E-state index in [9.17, 15) is 18.0 Å². The molecule has 0 aromatic carbocycles. The van der Waals surface area contributed by atoms with E-state index in [2.05, 4.69) is 11.9 Å². The minimum Gasteiger partial charge on any atom is -0.337 e.